The van der Waals surface area contributed by atoms with Gasteiger partial charge in [-0.1, -0.05) is 32.4 Å². The number of nitrogens with one attached hydrogen (secondary N) is 2. The summed E-state index contributed by atoms with van der Waals surface area (Å²) in [6.07, 6.45) is -4.80. The van der Waals surface area contributed by atoms with Crippen LogP contribution in [0.15, 0.2) is 29.6 Å². The maximum Gasteiger partial charge on any atom is 0.418 e. The van der Waals surface area contributed by atoms with Crippen LogP contribution in [-0.4, -0.2) is 68.6 Å². The van der Waals surface area contributed by atoms with Crippen LogP contribution in [0.1, 0.15) is 36.0 Å². The summed E-state index contributed by atoms with van der Waals surface area (Å²) in [6.45, 7) is 6.23. The largest absolute Gasteiger partial charge is 0.418 e. The molecule has 208 valence electrons. The molecule has 0 aliphatic carbocycles. The first-order valence-electron chi connectivity index (χ1n) is 11.8. The van der Waals surface area contributed by atoms with Crippen LogP contribution in [0, 0.1) is 5.41 Å². The number of amides is 3. The molecule has 1 aliphatic rings. The minimum atomic E-state index is -4.80. The van der Waals surface area contributed by atoms with Crippen LogP contribution in [0.4, 0.5) is 24.5 Å². The number of halogens is 4. The zero-order valence-corrected chi connectivity index (χ0v) is 23.0. The van der Waals surface area contributed by atoms with Gasteiger partial charge in [0.25, 0.3) is 11.8 Å². The molecule has 3 amide bonds. The van der Waals surface area contributed by atoms with E-state index in [0.717, 1.165) is 23.5 Å². The van der Waals surface area contributed by atoms with E-state index < -0.39 is 41.2 Å². The van der Waals surface area contributed by atoms with Crippen LogP contribution in [-0.2, 0) is 20.5 Å². The number of ether oxygens (including phenoxy) is 1. The molecule has 2 N–H and O–H groups in total. The lowest BCUT2D eigenvalue weighted by atomic mass is 9.95. The molecule has 1 aromatic heterocycles. The van der Waals surface area contributed by atoms with Crippen molar-refractivity contribution < 1.29 is 32.3 Å². The van der Waals surface area contributed by atoms with Gasteiger partial charge in [0.15, 0.2) is 0 Å². The lowest BCUT2D eigenvalue weighted by molar-refractivity contribution is -0.137. The molecule has 0 bridgehead atoms. The van der Waals surface area contributed by atoms with Crippen molar-refractivity contribution in [1.29, 1.82) is 0 Å². The van der Waals surface area contributed by atoms with Gasteiger partial charge in [0.05, 0.1) is 22.9 Å². The normalized spacial score (nSPS) is 15.5. The zero-order chi connectivity index (χ0) is 28.3. The Morgan fingerprint density at radius 2 is 1.95 bits per heavy atom. The number of carbonyl (C=O) groups excluding carboxylic acids is 3. The molecule has 0 saturated carbocycles. The maximum absolute atomic E-state index is 14.0. The van der Waals surface area contributed by atoms with Gasteiger partial charge < -0.3 is 20.3 Å². The van der Waals surface area contributed by atoms with Crippen molar-refractivity contribution in [2.75, 3.05) is 50.1 Å². The summed E-state index contributed by atoms with van der Waals surface area (Å²) in [4.78, 5) is 41.2. The standard InChI is InChI=1S/C25H30ClF3N4O4S/c1-24(2,3)14-32(4)19(12-30-23(36)21-17(26)7-10-38-21)22(35)31-18-6-5-15(11-16(18)25(27,28)29)33-8-9-37-13-20(33)34/h5-7,10-11,19H,8-9,12-14H2,1-4H3,(H,30,36)(H,31,35)/t19-/m1/s1. The van der Waals surface area contributed by atoms with Crippen molar-refractivity contribution in [2.45, 2.75) is 33.0 Å². The van der Waals surface area contributed by atoms with Crippen molar-refractivity contribution in [3.63, 3.8) is 0 Å². The minimum Gasteiger partial charge on any atom is -0.370 e. The Hall–Kier alpha value is -2.67. The molecule has 1 fully saturated rings. The monoisotopic (exact) mass is 574 g/mol. The molecule has 1 atom stereocenters. The Labute approximate surface area is 228 Å². The summed E-state index contributed by atoms with van der Waals surface area (Å²) in [5.41, 5.74) is -1.72. The minimum absolute atomic E-state index is 0.0603. The number of hydrogen-bond donors (Lipinski definition) is 2. The second-order valence-electron chi connectivity index (χ2n) is 10.1. The Balaban J connectivity index is 1.86. The van der Waals surface area contributed by atoms with Gasteiger partial charge in [-0.25, -0.2) is 0 Å². The van der Waals surface area contributed by atoms with E-state index in [-0.39, 0.29) is 47.3 Å². The van der Waals surface area contributed by atoms with Crippen LogP contribution < -0.4 is 15.5 Å². The summed E-state index contributed by atoms with van der Waals surface area (Å²) in [5.74, 6) is -1.66. The van der Waals surface area contributed by atoms with E-state index in [1.54, 1.807) is 23.4 Å². The number of alkyl halides is 3. The van der Waals surface area contributed by atoms with Crippen molar-refractivity contribution >= 4 is 52.0 Å². The van der Waals surface area contributed by atoms with Gasteiger partial charge in [-0.05, 0) is 42.1 Å². The average Bonchev–Trinajstić information content (AvgIpc) is 3.24. The van der Waals surface area contributed by atoms with E-state index in [4.69, 9.17) is 16.3 Å². The van der Waals surface area contributed by atoms with Crippen LogP contribution in [0.3, 0.4) is 0 Å². The summed E-state index contributed by atoms with van der Waals surface area (Å²) in [5, 5.41) is 6.98. The third kappa shape index (κ3) is 7.68. The van der Waals surface area contributed by atoms with Crippen LogP contribution in [0.5, 0.6) is 0 Å². The van der Waals surface area contributed by atoms with Crippen LogP contribution in [0.2, 0.25) is 5.02 Å². The van der Waals surface area contributed by atoms with Crippen molar-refractivity contribution in [1.82, 2.24) is 10.2 Å². The third-order valence-electron chi connectivity index (χ3n) is 5.70. The molecule has 3 rings (SSSR count). The molecule has 1 aliphatic heterocycles. The van der Waals surface area contributed by atoms with Crippen molar-refractivity contribution in [3.05, 3.63) is 45.1 Å². The SMILES string of the molecule is CN(CC(C)(C)C)[C@H](CNC(=O)c1sccc1Cl)C(=O)Nc1ccc(N2CCOCC2=O)cc1C(F)(F)F. The van der Waals surface area contributed by atoms with E-state index in [1.165, 1.54) is 11.0 Å². The summed E-state index contributed by atoms with van der Waals surface area (Å²) in [7, 11) is 1.66. The second-order valence-corrected chi connectivity index (χ2v) is 11.4. The van der Waals surface area contributed by atoms with E-state index in [0.29, 0.717) is 6.54 Å². The molecular formula is C25H30ClF3N4O4S. The van der Waals surface area contributed by atoms with Gasteiger partial charge in [-0.3, -0.25) is 19.3 Å². The molecule has 0 unspecified atom stereocenters. The van der Waals surface area contributed by atoms with Gasteiger partial charge in [0.2, 0.25) is 5.91 Å². The number of thiophene rings is 1. The summed E-state index contributed by atoms with van der Waals surface area (Å²) >= 11 is 7.17. The number of rotatable bonds is 8. The molecule has 0 spiro atoms. The number of anilines is 2. The van der Waals surface area contributed by atoms with Gasteiger partial charge in [-0.15, -0.1) is 11.3 Å². The predicted molar refractivity (Wildman–Crippen MR) is 141 cm³/mol. The zero-order valence-electron chi connectivity index (χ0n) is 21.4. The van der Waals surface area contributed by atoms with Gasteiger partial charge >= 0.3 is 6.18 Å². The predicted octanol–water partition coefficient (Wildman–Crippen LogP) is 4.50. The van der Waals surface area contributed by atoms with E-state index in [9.17, 15) is 27.6 Å². The van der Waals surface area contributed by atoms with Crippen molar-refractivity contribution in [2.24, 2.45) is 5.41 Å². The third-order valence-corrected chi connectivity index (χ3v) is 7.04. The summed E-state index contributed by atoms with van der Waals surface area (Å²) in [6, 6.07) is 3.90. The number of hydrogen-bond acceptors (Lipinski definition) is 6. The van der Waals surface area contributed by atoms with Crippen LogP contribution >= 0.6 is 22.9 Å². The molecule has 2 heterocycles. The highest BCUT2D eigenvalue weighted by Crippen LogP contribution is 2.38. The number of carbonyl (C=O) groups is 3. The number of nitrogens with zero attached hydrogens (tertiary/aromatic N) is 2. The first-order valence-corrected chi connectivity index (χ1v) is 13.0. The molecule has 1 saturated heterocycles. The van der Waals surface area contributed by atoms with Gasteiger partial charge in [-0.2, -0.15) is 13.2 Å². The van der Waals surface area contributed by atoms with Gasteiger partial charge in [0, 0.05) is 25.3 Å². The highest BCUT2D eigenvalue weighted by molar-refractivity contribution is 7.12. The maximum atomic E-state index is 14.0. The molecule has 0 radical (unpaired) electrons. The van der Waals surface area contributed by atoms with Crippen LogP contribution in [0.25, 0.3) is 0 Å². The molecule has 38 heavy (non-hydrogen) atoms. The Morgan fingerprint density at radius 3 is 2.53 bits per heavy atom. The summed E-state index contributed by atoms with van der Waals surface area (Å²) < 4.78 is 47.1. The lowest BCUT2D eigenvalue weighted by Crippen LogP contribution is -2.51. The van der Waals surface area contributed by atoms with Crippen molar-refractivity contribution in [3.8, 4) is 0 Å². The first-order chi connectivity index (χ1) is 17.7. The molecule has 13 heteroatoms. The Bertz CT molecular complexity index is 1180. The molecule has 1 aromatic carbocycles. The molecular weight excluding hydrogens is 545 g/mol. The lowest BCUT2D eigenvalue weighted by Gasteiger charge is -2.33. The number of likely N-dealkylation sites (N-methyl/N-ethyl adjacent to an activating group) is 1. The number of morpholine rings is 1. The highest BCUT2D eigenvalue weighted by atomic mass is 35.5. The topological polar surface area (TPSA) is 91.0 Å². The van der Waals surface area contributed by atoms with E-state index >= 15 is 0 Å². The average molecular weight is 575 g/mol. The highest BCUT2D eigenvalue weighted by Gasteiger charge is 2.36. The first kappa shape index (κ1) is 29.9. The Morgan fingerprint density at radius 1 is 1.24 bits per heavy atom. The number of benzene rings is 1. The fraction of sp³-hybridized carbons (Fsp3) is 0.480. The molecule has 2 aromatic rings. The Kier molecular flexibility index (Phi) is 9.45. The van der Waals surface area contributed by atoms with Gasteiger partial charge in [0.1, 0.15) is 17.5 Å². The quantitative estimate of drug-likeness (QED) is 0.485. The fourth-order valence-corrected chi connectivity index (χ4v) is 5.14. The van der Waals surface area contributed by atoms with E-state index in [2.05, 4.69) is 10.6 Å². The smallest absolute Gasteiger partial charge is 0.370 e. The molecule has 8 nitrogen and oxygen atoms in total. The second kappa shape index (κ2) is 12.0. The fourth-order valence-electron chi connectivity index (χ4n) is 4.08. The van der Waals surface area contributed by atoms with E-state index in [1.807, 2.05) is 20.8 Å².